The first-order valence-corrected chi connectivity index (χ1v) is 9.93. The maximum Gasteiger partial charge on any atom is 0.249 e. The van der Waals surface area contributed by atoms with Crippen LogP contribution in [0.2, 0.25) is 0 Å². The van der Waals surface area contributed by atoms with E-state index in [0.717, 1.165) is 11.8 Å². The summed E-state index contributed by atoms with van der Waals surface area (Å²) in [6, 6.07) is 8.05. The van der Waals surface area contributed by atoms with Crippen molar-refractivity contribution in [3.63, 3.8) is 0 Å². The lowest BCUT2D eigenvalue weighted by Crippen LogP contribution is -2.31. The van der Waals surface area contributed by atoms with E-state index >= 15 is 0 Å². The number of rotatable bonds is 4. The van der Waals surface area contributed by atoms with Gasteiger partial charge in [0.05, 0.1) is 10.5 Å². The summed E-state index contributed by atoms with van der Waals surface area (Å²) < 4.78 is 46.4. The van der Waals surface area contributed by atoms with E-state index in [1.807, 2.05) is 19.1 Å². The van der Waals surface area contributed by atoms with Crippen molar-refractivity contribution in [2.45, 2.75) is 30.7 Å². The standard InChI is InChI=1S/C18H17FN4O3S/c1-12-7-8-13(11-20-12)17-21-22-18(26-17)16-6-3-9-23(16)27(24,25)15-5-2-4-14(19)10-15/h2,4-5,7-8,10-11,16H,3,6,9H2,1H3/t16-/m1/s1. The molecule has 1 fully saturated rings. The molecule has 2 aromatic heterocycles. The second kappa shape index (κ2) is 6.82. The van der Waals surface area contributed by atoms with Crippen LogP contribution < -0.4 is 0 Å². The monoisotopic (exact) mass is 388 g/mol. The number of aryl methyl sites for hydroxylation is 1. The number of benzene rings is 1. The average molecular weight is 388 g/mol. The number of aromatic nitrogens is 3. The molecule has 140 valence electrons. The summed E-state index contributed by atoms with van der Waals surface area (Å²) in [4.78, 5) is 4.11. The molecule has 1 atom stereocenters. The van der Waals surface area contributed by atoms with Gasteiger partial charge in [0, 0.05) is 18.4 Å². The maximum absolute atomic E-state index is 13.5. The van der Waals surface area contributed by atoms with E-state index in [9.17, 15) is 12.8 Å². The topological polar surface area (TPSA) is 89.2 Å². The molecule has 0 bridgehead atoms. The van der Waals surface area contributed by atoms with Crippen LogP contribution in [0.3, 0.4) is 0 Å². The van der Waals surface area contributed by atoms with Crippen LogP contribution in [0.1, 0.15) is 30.5 Å². The maximum atomic E-state index is 13.5. The summed E-state index contributed by atoms with van der Waals surface area (Å²) in [7, 11) is -3.87. The minimum absolute atomic E-state index is 0.0862. The highest BCUT2D eigenvalue weighted by atomic mass is 32.2. The van der Waals surface area contributed by atoms with E-state index in [0.29, 0.717) is 24.9 Å². The molecule has 1 aromatic carbocycles. The molecule has 1 aliphatic heterocycles. The Bertz CT molecular complexity index is 1070. The van der Waals surface area contributed by atoms with Crippen molar-refractivity contribution in [2.24, 2.45) is 0 Å². The van der Waals surface area contributed by atoms with Gasteiger partial charge >= 0.3 is 0 Å². The molecule has 3 aromatic rings. The molecule has 0 radical (unpaired) electrons. The second-order valence-electron chi connectivity index (χ2n) is 6.36. The minimum atomic E-state index is -3.87. The van der Waals surface area contributed by atoms with Gasteiger partial charge in [0.25, 0.3) is 0 Å². The number of pyridine rings is 1. The minimum Gasteiger partial charge on any atom is -0.419 e. The second-order valence-corrected chi connectivity index (χ2v) is 8.26. The zero-order valence-corrected chi connectivity index (χ0v) is 15.4. The fourth-order valence-corrected chi connectivity index (χ4v) is 4.80. The van der Waals surface area contributed by atoms with Gasteiger partial charge in [-0.2, -0.15) is 4.31 Å². The SMILES string of the molecule is Cc1ccc(-c2nnc([C@H]3CCCN3S(=O)(=O)c3cccc(F)c3)o2)cn1. The van der Waals surface area contributed by atoms with Crippen molar-refractivity contribution in [1.82, 2.24) is 19.5 Å². The highest BCUT2D eigenvalue weighted by Crippen LogP contribution is 2.36. The molecule has 1 saturated heterocycles. The van der Waals surface area contributed by atoms with E-state index in [-0.39, 0.29) is 16.7 Å². The van der Waals surface area contributed by atoms with Gasteiger partial charge in [0.2, 0.25) is 21.8 Å². The molecule has 7 nitrogen and oxygen atoms in total. The molecule has 4 rings (SSSR count). The third-order valence-corrected chi connectivity index (χ3v) is 6.39. The third kappa shape index (κ3) is 3.35. The van der Waals surface area contributed by atoms with Crippen molar-refractivity contribution < 1.29 is 17.2 Å². The van der Waals surface area contributed by atoms with E-state index in [4.69, 9.17) is 4.42 Å². The fraction of sp³-hybridized carbons (Fsp3) is 0.278. The summed E-state index contributed by atoms with van der Waals surface area (Å²) in [5, 5.41) is 8.07. The molecule has 0 unspecified atom stereocenters. The molecule has 9 heteroatoms. The smallest absolute Gasteiger partial charge is 0.249 e. The van der Waals surface area contributed by atoms with Gasteiger partial charge in [0.1, 0.15) is 11.9 Å². The normalized spacial score (nSPS) is 18.1. The van der Waals surface area contributed by atoms with Gasteiger partial charge in [-0.05, 0) is 50.1 Å². The number of hydrogen-bond donors (Lipinski definition) is 0. The summed E-state index contributed by atoms with van der Waals surface area (Å²) >= 11 is 0. The number of nitrogens with zero attached hydrogens (tertiary/aromatic N) is 4. The number of hydrogen-bond acceptors (Lipinski definition) is 6. The molecule has 1 aliphatic rings. The summed E-state index contributed by atoms with van der Waals surface area (Å²) in [6.07, 6.45) is 2.84. The first kappa shape index (κ1) is 17.7. The molecular formula is C18H17FN4O3S. The largest absolute Gasteiger partial charge is 0.419 e. The molecule has 0 amide bonds. The van der Waals surface area contributed by atoms with Gasteiger partial charge in [-0.3, -0.25) is 4.98 Å². The Balaban J connectivity index is 1.65. The van der Waals surface area contributed by atoms with E-state index in [2.05, 4.69) is 15.2 Å². The Morgan fingerprint density at radius 2 is 2.07 bits per heavy atom. The third-order valence-electron chi connectivity index (χ3n) is 4.49. The van der Waals surface area contributed by atoms with E-state index in [1.54, 1.807) is 6.20 Å². The van der Waals surface area contributed by atoms with Crippen LogP contribution >= 0.6 is 0 Å². The Kier molecular flexibility index (Phi) is 4.48. The lowest BCUT2D eigenvalue weighted by Gasteiger charge is -2.21. The van der Waals surface area contributed by atoms with Crippen LogP contribution in [0.4, 0.5) is 4.39 Å². The van der Waals surface area contributed by atoms with E-state index < -0.39 is 21.9 Å². The summed E-state index contributed by atoms with van der Waals surface area (Å²) in [6.45, 7) is 2.18. The van der Waals surface area contributed by atoms with Gasteiger partial charge in [0.15, 0.2) is 0 Å². The predicted octanol–water partition coefficient (Wildman–Crippen LogP) is 3.10. The zero-order valence-electron chi connectivity index (χ0n) is 14.5. The lowest BCUT2D eigenvalue weighted by molar-refractivity contribution is 0.332. The first-order valence-electron chi connectivity index (χ1n) is 8.49. The first-order chi connectivity index (χ1) is 12.9. The van der Waals surface area contributed by atoms with E-state index in [1.165, 1.54) is 22.5 Å². The predicted molar refractivity (Wildman–Crippen MR) is 94.5 cm³/mol. The van der Waals surface area contributed by atoms with Crippen molar-refractivity contribution in [3.8, 4) is 11.5 Å². The van der Waals surface area contributed by atoms with Crippen LogP contribution in [-0.2, 0) is 10.0 Å². The van der Waals surface area contributed by atoms with Crippen molar-refractivity contribution in [2.75, 3.05) is 6.54 Å². The molecule has 0 aliphatic carbocycles. The quantitative estimate of drug-likeness (QED) is 0.682. The average Bonchev–Trinajstić information content (AvgIpc) is 3.32. The number of sulfonamides is 1. The fourth-order valence-electron chi connectivity index (χ4n) is 3.12. The highest BCUT2D eigenvalue weighted by Gasteiger charge is 2.39. The van der Waals surface area contributed by atoms with Gasteiger partial charge in [-0.15, -0.1) is 10.2 Å². The van der Waals surface area contributed by atoms with Crippen LogP contribution in [0.25, 0.3) is 11.5 Å². The number of halogens is 1. The van der Waals surface area contributed by atoms with Crippen LogP contribution in [0, 0.1) is 12.7 Å². The zero-order chi connectivity index (χ0) is 19.0. The van der Waals surface area contributed by atoms with Crippen LogP contribution in [-0.4, -0.2) is 34.4 Å². The Morgan fingerprint density at radius 3 is 2.81 bits per heavy atom. The Morgan fingerprint density at radius 1 is 1.22 bits per heavy atom. The van der Waals surface area contributed by atoms with Gasteiger partial charge < -0.3 is 4.42 Å². The highest BCUT2D eigenvalue weighted by molar-refractivity contribution is 7.89. The van der Waals surface area contributed by atoms with Gasteiger partial charge in [-0.25, -0.2) is 12.8 Å². The molecular weight excluding hydrogens is 371 g/mol. The lowest BCUT2D eigenvalue weighted by atomic mass is 10.2. The molecule has 0 spiro atoms. The van der Waals surface area contributed by atoms with Crippen LogP contribution in [0.5, 0.6) is 0 Å². The Hall–Kier alpha value is -2.65. The van der Waals surface area contributed by atoms with Gasteiger partial charge in [-0.1, -0.05) is 6.07 Å². The molecule has 3 heterocycles. The summed E-state index contributed by atoms with van der Waals surface area (Å²) in [5.41, 5.74) is 1.53. The van der Waals surface area contributed by atoms with Crippen LogP contribution in [0.15, 0.2) is 51.9 Å². The summed E-state index contributed by atoms with van der Waals surface area (Å²) in [5.74, 6) is -0.0886. The molecule has 27 heavy (non-hydrogen) atoms. The van der Waals surface area contributed by atoms with Crippen molar-refractivity contribution in [1.29, 1.82) is 0 Å². The van der Waals surface area contributed by atoms with Crippen molar-refractivity contribution in [3.05, 3.63) is 60.0 Å². The molecule has 0 saturated carbocycles. The Labute approximate surface area is 155 Å². The van der Waals surface area contributed by atoms with Crippen molar-refractivity contribution >= 4 is 10.0 Å². The molecule has 0 N–H and O–H groups in total.